The number of azide groups is 1. The van der Waals surface area contributed by atoms with Gasteiger partial charge in [-0.15, -0.1) is 0 Å². The molecule has 6 atom stereocenters. The van der Waals surface area contributed by atoms with Gasteiger partial charge < -0.3 is 18.7 Å². The molecule has 2 aromatic rings. The lowest BCUT2D eigenvalue weighted by Crippen LogP contribution is -2.47. The predicted octanol–water partition coefficient (Wildman–Crippen LogP) is 9.82. The van der Waals surface area contributed by atoms with Crippen molar-refractivity contribution in [3.05, 3.63) is 69.2 Å². The third-order valence-corrected chi connectivity index (χ3v) is 11.5. The Labute approximate surface area is 338 Å². The maximum atomic E-state index is 14.3. The van der Waals surface area contributed by atoms with E-state index in [9.17, 15) is 24.5 Å². The summed E-state index contributed by atoms with van der Waals surface area (Å²) >= 11 is 0. The first-order chi connectivity index (χ1) is 27.3. The fourth-order valence-electron chi connectivity index (χ4n) is 6.79. The molecule has 0 aliphatic carbocycles. The minimum atomic E-state index is -4.37. The summed E-state index contributed by atoms with van der Waals surface area (Å²) in [5.41, 5.74) is 7.82. The summed E-state index contributed by atoms with van der Waals surface area (Å²) in [6.07, 6.45) is 15.2. The van der Waals surface area contributed by atoms with E-state index in [0.29, 0.717) is 12.1 Å². The summed E-state index contributed by atoms with van der Waals surface area (Å²) in [5.74, 6) is -1.05. The van der Waals surface area contributed by atoms with Crippen LogP contribution in [0.15, 0.2) is 52.5 Å². The van der Waals surface area contributed by atoms with Gasteiger partial charge in [0.15, 0.2) is 6.23 Å². The molecule has 1 aromatic heterocycles. The third kappa shape index (κ3) is 16.2. The van der Waals surface area contributed by atoms with Crippen LogP contribution in [0.4, 0.5) is 0 Å². The number of aryl methyl sites for hydroxylation is 1. The molecule has 0 amide bonds. The molecule has 1 saturated heterocycles. The molecule has 1 unspecified atom stereocenters. The van der Waals surface area contributed by atoms with Crippen molar-refractivity contribution in [2.24, 2.45) is 5.11 Å². The lowest BCUT2D eigenvalue weighted by Gasteiger charge is -2.31. The SMILES string of the molecule is CCCCCCCCCCCCCCCCCC(=O)O[C@@H]1[C@@H](COP(=O)(N[C@@H](C)C(=O)OC(C)C)Oc2ccccc2)O[C@@H](n2ccc(C)nc2=O)[C@]1(C)N=[N+]=[N-]. The van der Waals surface area contributed by atoms with Gasteiger partial charge in [0.05, 0.1) is 12.7 Å². The van der Waals surface area contributed by atoms with Crippen molar-refractivity contribution >= 4 is 19.7 Å². The van der Waals surface area contributed by atoms with Crippen LogP contribution in [0.5, 0.6) is 5.75 Å². The number of benzene rings is 1. The van der Waals surface area contributed by atoms with Gasteiger partial charge in [0, 0.05) is 23.2 Å². The van der Waals surface area contributed by atoms with Gasteiger partial charge >= 0.3 is 25.4 Å². The summed E-state index contributed by atoms with van der Waals surface area (Å²) in [6.45, 7) is 9.71. The largest absolute Gasteiger partial charge is 0.462 e. The molecule has 16 heteroatoms. The Kier molecular flexibility index (Phi) is 20.8. The number of esters is 2. The highest BCUT2D eigenvalue weighted by Gasteiger charge is 2.57. The quantitative estimate of drug-likeness (QED) is 0.0215. The monoisotopic (exact) mass is 816 g/mol. The van der Waals surface area contributed by atoms with Crippen molar-refractivity contribution < 1.29 is 37.4 Å². The number of hydrogen-bond acceptors (Lipinski definition) is 11. The minimum Gasteiger partial charge on any atom is -0.462 e. The van der Waals surface area contributed by atoms with Crippen LogP contribution in [0.1, 0.15) is 149 Å². The number of carbonyl (C=O) groups is 2. The van der Waals surface area contributed by atoms with E-state index in [0.717, 1.165) is 23.8 Å². The molecule has 2 heterocycles. The van der Waals surface area contributed by atoms with Crippen molar-refractivity contribution in [3.8, 4) is 5.75 Å². The number of para-hydroxylation sites is 1. The third-order valence-electron chi connectivity index (χ3n) is 9.88. The Morgan fingerprint density at radius 2 is 1.54 bits per heavy atom. The minimum absolute atomic E-state index is 0.109. The van der Waals surface area contributed by atoms with Crippen LogP contribution in [0.2, 0.25) is 0 Å². The Hall–Kier alpha value is -3.74. The van der Waals surface area contributed by atoms with Crippen LogP contribution in [-0.4, -0.2) is 58.0 Å². The summed E-state index contributed by atoms with van der Waals surface area (Å²) < 4.78 is 44.7. The Morgan fingerprint density at radius 3 is 2.09 bits per heavy atom. The highest BCUT2D eigenvalue weighted by atomic mass is 31.2. The maximum Gasteiger partial charge on any atom is 0.459 e. The topological polar surface area (TPSA) is 193 Å². The number of nitrogens with zero attached hydrogens (tertiary/aromatic N) is 5. The Balaban J connectivity index is 1.68. The average Bonchev–Trinajstić information content (AvgIpc) is 3.42. The summed E-state index contributed by atoms with van der Waals surface area (Å²) in [4.78, 5) is 46.2. The number of rotatable bonds is 28. The molecular weight excluding hydrogens is 751 g/mol. The van der Waals surface area contributed by atoms with Crippen molar-refractivity contribution in [1.29, 1.82) is 0 Å². The zero-order valence-corrected chi connectivity index (χ0v) is 35.7. The molecule has 1 aliphatic heterocycles. The summed E-state index contributed by atoms with van der Waals surface area (Å²) in [7, 11) is -4.37. The molecule has 3 rings (SSSR count). The molecule has 1 fully saturated rings. The molecule has 0 saturated carbocycles. The van der Waals surface area contributed by atoms with E-state index in [1.165, 1.54) is 90.7 Å². The van der Waals surface area contributed by atoms with Crippen molar-refractivity contribution in [3.63, 3.8) is 0 Å². The first-order valence-corrected chi connectivity index (χ1v) is 22.3. The fraction of sp³-hybridized carbons (Fsp3) is 0.707. The number of unbranched alkanes of at least 4 members (excludes halogenated alkanes) is 14. The van der Waals surface area contributed by atoms with Gasteiger partial charge in [-0.1, -0.05) is 120 Å². The molecule has 1 aliphatic rings. The van der Waals surface area contributed by atoms with E-state index in [1.807, 2.05) is 0 Å². The number of carbonyl (C=O) groups excluding carboxylic acids is 2. The molecule has 0 radical (unpaired) electrons. The number of aromatic nitrogens is 2. The van der Waals surface area contributed by atoms with Crippen molar-refractivity contribution in [2.45, 2.75) is 180 Å². The molecular formula is C41H65N6O9P. The zero-order chi connectivity index (χ0) is 41.7. The van der Waals surface area contributed by atoms with Gasteiger partial charge in [-0.05, 0) is 64.8 Å². The Bertz CT molecular complexity index is 1670. The lowest BCUT2D eigenvalue weighted by molar-refractivity contribution is -0.155. The first kappa shape index (κ1) is 47.6. The van der Waals surface area contributed by atoms with Gasteiger partial charge in [0.1, 0.15) is 29.5 Å². The predicted molar refractivity (Wildman–Crippen MR) is 219 cm³/mol. The van der Waals surface area contributed by atoms with Gasteiger partial charge in [0.2, 0.25) is 0 Å². The number of hydrogen-bond donors (Lipinski definition) is 1. The highest BCUT2D eigenvalue weighted by Crippen LogP contribution is 2.48. The van der Waals surface area contributed by atoms with Crippen LogP contribution in [0.25, 0.3) is 10.4 Å². The van der Waals surface area contributed by atoms with Gasteiger partial charge in [-0.3, -0.25) is 18.7 Å². The van der Waals surface area contributed by atoms with Crippen LogP contribution in [0.3, 0.4) is 0 Å². The highest BCUT2D eigenvalue weighted by molar-refractivity contribution is 7.52. The standard InChI is InChI=1S/C41H65N6O9P/c1-7-8-9-10-11-12-13-14-15-16-17-18-19-20-24-27-36(48)55-37-35(54-39(41(37,6)45-46-42)47-29-28-32(4)43-40(47)50)30-52-57(51,56-34-25-22-21-23-26-34)44-33(5)38(49)53-31(2)3/h21-23,25-26,28-29,31,33,35,37,39H,7-20,24,27,30H2,1-6H3,(H,44,51)/t33-,35+,37+,39+,41+,57?/m0/s1. The second-order valence-electron chi connectivity index (χ2n) is 15.3. The number of nitrogens with one attached hydrogen (secondary N) is 1. The molecule has 318 valence electrons. The maximum absolute atomic E-state index is 14.3. The van der Waals surface area contributed by atoms with Crippen molar-refractivity contribution in [1.82, 2.24) is 14.6 Å². The van der Waals surface area contributed by atoms with Gasteiger partial charge in [-0.25, -0.2) is 9.36 Å². The normalized spacial score (nSPS) is 20.7. The summed E-state index contributed by atoms with van der Waals surface area (Å²) in [5, 5.41) is 6.64. The molecule has 0 bridgehead atoms. The molecule has 1 aromatic carbocycles. The van der Waals surface area contributed by atoms with E-state index in [-0.39, 0.29) is 12.2 Å². The number of ether oxygens (including phenoxy) is 3. The van der Waals surface area contributed by atoms with E-state index in [4.69, 9.17) is 23.3 Å². The van der Waals surface area contributed by atoms with E-state index >= 15 is 0 Å². The molecule has 15 nitrogen and oxygen atoms in total. The van der Waals surface area contributed by atoms with E-state index in [2.05, 4.69) is 27.0 Å². The van der Waals surface area contributed by atoms with E-state index < -0.39 is 68.1 Å². The van der Waals surface area contributed by atoms with Gasteiger partial charge in [0.25, 0.3) is 0 Å². The van der Waals surface area contributed by atoms with Crippen LogP contribution in [0, 0.1) is 6.92 Å². The van der Waals surface area contributed by atoms with Crippen LogP contribution < -0.4 is 15.3 Å². The first-order valence-electron chi connectivity index (χ1n) is 20.8. The van der Waals surface area contributed by atoms with Crippen LogP contribution in [-0.2, 0) is 32.9 Å². The fourth-order valence-corrected chi connectivity index (χ4v) is 8.29. The van der Waals surface area contributed by atoms with Crippen molar-refractivity contribution in [2.75, 3.05) is 6.61 Å². The molecule has 1 N–H and O–H groups in total. The smallest absolute Gasteiger partial charge is 0.459 e. The van der Waals surface area contributed by atoms with E-state index in [1.54, 1.807) is 57.2 Å². The molecule has 57 heavy (non-hydrogen) atoms. The molecule has 0 spiro atoms. The van der Waals surface area contributed by atoms with Crippen LogP contribution >= 0.6 is 7.75 Å². The Morgan fingerprint density at radius 1 is 0.965 bits per heavy atom. The average molecular weight is 817 g/mol. The van der Waals surface area contributed by atoms with Gasteiger partial charge in [-0.2, -0.15) is 10.1 Å². The zero-order valence-electron chi connectivity index (χ0n) is 34.8. The summed E-state index contributed by atoms with van der Waals surface area (Å²) in [6, 6.07) is 8.70. The second kappa shape index (κ2) is 24.9. The lowest BCUT2D eigenvalue weighted by atomic mass is 9.93. The second-order valence-corrected chi connectivity index (χ2v) is 17.0.